The molecule has 2 nitrogen and oxygen atoms in total. The predicted molar refractivity (Wildman–Crippen MR) is 156 cm³/mol. The molecule has 0 aliphatic carbocycles. The molecular weight excluding hydrogens is 653 g/mol. The zero-order valence-electron chi connectivity index (χ0n) is 25.8. The van der Waals surface area contributed by atoms with Crippen molar-refractivity contribution in [3.05, 3.63) is 9.30 Å². The first kappa shape index (κ1) is 41.7. The van der Waals surface area contributed by atoms with E-state index in [1.165, 1.54) is 0 Å². The molecule has 0 aromatic rings. The standard InChI is InChI=1S/2C12H30NSi2.BrH.Nd/c2*1-11(2,3)14(7,8)13-15(9,10)12(4,5)6;;/h2*1-10H3;1H;/q2*-1;;+3/p-1. The van der Waals surface area contributed by atoms with Gasteiger partial charge in [-0.25, -0.2) is 0 Å². The summed E-state index contributed by atoms with van der Waals surface area (Å²) in [5, 5.41) is 1.51. The number of rotatable bonds is 4. The van der Waals surface area contributed by atoms with Crippen molar-refractivity contribution in [3.8, 4) is 0 Å². The maximum absolute atomic E-state index is 5.36. The van der Waals surface area contributed by atoms with Crippen LogP contribution in [0.25, 0.3) is 9.30 Å². The summed E-state index contributed by atoms with van der Waals surface area (Å²) in [6.45, 7) is 47.4. The summed E-state index contributed by atoms with van der Waals surface area (Å²) >= 11 is 0. The van der Waals surface area contributed by atoms with E-state index in [-0.39, 0.29) is 57.8 Å². The van der Waals surface area contributed by atoms with Crippen LogP contribution in [-0.4, -0.2) is 32.9 Å². The smallest absolute Gasteiger partial charge is 1.00 e. The zero-order chi connectivity index (χ0) is 25.4. The van der Waals surface area contributed by atoms with E-state index in [9.17, 15) is 0 Å². The molecule has 0 bridgehead atoms. The van der Waals surface area contributed by atoms with Crippen molar-refractivity contribution in [2.75, 3.05) is 0 Å². The molecule has 0 spiro atoms. The Balaban J connectivity index is -0.000000231. The van der Waals surface area contributed by atoms with Crippen LogP contribution in [0.5, 0.6) is 0 Å². The monoisotopic (exact) mass is 709 g/mol. The quantitative estimate of drug-likeness (QED) is 0.267. The van der Waals surface area contributed by atoms with Crippen LogP contribution < -0.4 is 17.0 Å². The maximum atomic E-state index is 5.36. The van der Waals surface area contributed by atoms with E-state index in [1.807, 2.05) is 0 Å². The molecule has 0 aliphatic heterocycles. The second kappa shape index (κ2) is 12.9. The summed E-state index contributed by atoms with van der Waals surface area (Å²) < 4.78 is 10.7. The molecule has 193 valence electrons. The van der Waals surface area contributed by atoms with Crippen molar-refractivity contribution in [1.82, 2.24) is 0 Å². The van der Waals surface area contributed by atoms with E-state index in [0.717, 1.165) is 0 Å². The van der Waals surface area contributed by atoms with Gasteiger partial charge in [0.2, 0.25) is 0 Å². The van der Waals surface area contributed by atoms with Gasteiger partial charge in [-0.15, -0.1) is 0 Å². The maximum Gasteiger partial charge on any atom is 3.00 e. The van der Waals surface area contributed by atoms with Gasteiger partial charge in [-0.1, -0.05) is 189 Å². The zero-order valence-corrected chi connectivity index (χ0v) is 34.6. The van der Waals surface area contributed by atoms with Gasteiger partial charge in [0, 0.05) is 0 Å². The van der Waals surface area contributed by atoms with Crippen molar-refractivity contribution < 1.29 is 57.8 Å². The minimum Gasteiger partial charge on any atom is -1.00 e. The Kier molecular flexibility index (Phi) is 16.8. The fourth-order valence-corrected chi connectivity index (χ4v) is 18.6. The summed E-state index contributed by atoms with van der Waals surface area (Å²) in [6, 6.07) is 0. The van der Waals surface area contributed by atoms with E-state index < -0.39 is 32.9 Å². The molecule has 0 saturated heterocycles. The Bertz CT molecular complexity index is 452. The average molecular weight is 713 g/mol. The Labute approximate surface area is 253 Å². The number of halogens is 1. The number of nitrogens with zero attached hydrogens (tertiary/aromatic N) is 2. The first-order valence-corrected chi connectivity index (χ1v) is 23.7. The molecule has 32 heavy (non-hydrogen) atoms. The van der Waals surface area contributed by atoms with Gasteiger partial charge in [0.05, 0.1) is 0 Å². The Hall–Kier alpha value is 2.62. The van der Waals surface area contributed by atoms with Gasteiger partial charge >= 0.3 is 40.8 Å². The third-order valence-corrected chi connectivity index (χ3v) is 32.1. The summed E-state index contributed by atoms with van der Waals surface area (Å²) in [7, 11) is -5.85. The molecular formula is C24H60BrN2NdSi4. The fraction of sp³-hybridized carbons (Fsp3) is 1.00. The third kappa shape index (κ3) is 12.7. The fourth-order valence-electron chi connectivity index (χ4n) is 2.07. The summed E-state index contributed by atoms with van der Waals surface area (Å²) in [6.07, 6.45) is 0. The largest absolute Gasteiger partial charge is 3.00 e. The number of hydrogen-bond acceptors (Lipinski definition) is 0. The molecule has 8 heteroatoms. The van der Waals surface area contributed by atoms with E-state index in [1.54, 1.807) is 0 Å². The molecule has 1 radical (unpaired) electrons. The van der Waals surface area contributed by atoms with Gasteiger partial charge in [-0.05, 0) is 0 Å². The summed E-state index contributed by atoms with van der Waals surface area (Å²) in [5.74, 6) is 0. The molecule has 0 atom stereocenters. The first-order chi connectivity index (χ1) is 12.4. The molecule has 0 rings (SSSR count). The van der Waals surface area contributed by atoms with Crippen LogP contribution in [0.1, 0.15) is 83.1 Å². The molecule has 0 fully saturated rings. The van der Waals surface area contributed by atoms with Crippen molar-refractivity contribution in [1.29, 1.82) is 0 Å². The minimum atomic E-state index is -1.46. The Morgan fingerprint density at radius 1 is 0.344 bits per heavy atom. The van der Waals surface area contributed by atoms with Gasteiger partial charge < -0.3 is 26.3 Å². The second-order valence-electron chi connectivity index (χ2n) is 15.5. The first-order valence-electron chi connectivity index (χ1n) is 11.9. The van der Waals surface area contributed by atoms with E-state index in [0.29, 0.717) is 20.2 Å². The molecule has 0 unspecified atom stereocenters. The Morgan fingerprint density at radius 2 is 0.438 bits per heavy atom. The minimum absolute atomic E-state index is 0. The van der Waals surface area contributed by atoms with Crippen molar-refractivity contribution in [3.63, 3.8) is 0 Å². The van der Waals surface area contributed by atoms with Crippen LogP contribution in [0.2, 0.25) is 72.5 Å². The molecule has 0 amide bonds. The van der Waals surface area contributed by atoms with Gasteiger partial charge in [0.15, 0.2) is 0 Å². The van der Waals surface area contributed by atoms with Crippen LogP contribution in [0.15, 0.2) is 0 Å². The normalized spacial score (nSPS) is 14.6. The van der Waals surface area contributed by atoms with Crippen molar-refractivity contribution in [2.24, 2.45) is 0 Å². The van der Waals surface area contributed by atoms with Gasteiger partial charge in [-0.3, -0.25) is 0 Å². The summed E-state index contributed by atoms with van der Waals surface area (Å²) in [4.78, 5) is 0. The van der Waals surface area contributed by atoms with Crippen molar-refractivity contribution in [2.45, 2.75) is 156 Å². The molecule has 0 heterocycles. The van der Waals surface area contributed by atoms with Gasteiger partial charge in [-0.2, -0.15) is 0 Å². The van der Waals surface area contributed by atoms with E-state index in [4.69, 9.17) is 9.30 Å². The number of hydrogen-bond donors (Lipinski definition) is 0. The van der Waals surface area contributed by atoms with Crippen LogP contribution in [0.3, 0.4) is 0 Å². The summed E-state index contributed by atoms with van der Waals surface area (Å²) in [5.41, 5.74) is 0. The molecule has 0 saturated carbocycles. The van der Waals surface area contributed by atoms with Crippen LogP contribution in [-0.2, 0) is 0 Å². The van der Waals surface area contributed by atoms with E-state index in [2.05, 4.69) is 135 Å². The molecule has 0 N–H and O–H groups in total. The Morgan fingerprint density at radius 3 is 0.500 bits per heavy atom. The van der Waals surface area contributed by atoms with Crippen LogP contribution >= 0.6 is 0 Å². The van der Waals surface area contributed by atoms with E-state index >= 15 is 0 Å². The van der Waals surface area contributed by atoms with Crippen LogP contribution in [0, 0.1) is 40.8 Å². The topological polar surface area (TPSA) is 28.2 Å². The molecule has 0 aliphatic rings. The van der Waals surface area contributed by atoms with Crippen molar-refractivity contribution >= 4 is 32.9 Å². The SMILES string of the molecule is CC(C)(C)[Si](C)(C)[N-][Si](C)(C)C(C)(C)C.CC(C)(C)[Si](C)(C)[N-][Si](C)(C)C(C)(C)C.[Br-].[Nd+3]. The molecule has 0 aromatic heterocycles. The average Bonchev–Trinajstić information content (AvgIpc) is 2.30. The van der Waals surface area contributed by atoms with Gasteiger partial charge in [0.25, 0.3) is 0 Å². The van der Waals surface area contributed by atoms with Crippen LogP contribution in [0.4, 0.5) is 0 Å². The second-order valence-corrected chi connectivity index (χ2v) is 35.7. The molecule has 0 aromatic carbocycles. The van der Waals surface area contributed by atoms with Gasteiger partial charge in [0.1, 0.15) is 0 Å². The third-order valence-electron chi connectivity index (χ3n) is 8.46. The predicted octanol–water partition coefficient (Wildman–Crippen LogP) is 7.75.